The van der Waals surface area contributed by atoms with Gasteiger partial charge >= 0.3 is 5.97 Å². The van der Waals surface area contributed by atoms with E-state index in [1.165, 1.54) is 10.4 Å². The number of esters is 1. The summed E-state index contributed by atoms with van der Waals surface area (Å²) >= 11 is 1.63. The van der Waals surface area contributed by atoms with Crippen molar-refractivity contribution in [2.24, 2.45) is 16.3 Å². The highest BCUT2D eigenvalue weighted by molar-refractivity contribution is 7.16. The Morgan fingerprint density at radius 1 is 1.34 bits per heavy atom. The molecule has 1 atom stereocenters. The minimum Gasteiger partial charge on any atom is -0.493 e. The fourth-order valence-corrected chi connectivity index (χ4v) is 5.09. The predicted octanol–water partition coefficient (Wildman–Crippen LogP) is 5.47. The molecule has 0 aliphatic heterocycles. The minimum atomic E-state index is -0.431. The lowest BCUT2D eigenvalue weighted by atomic mass is 9.72. The normalized spacial score (nSPS) is 15.8. The van der Waals surface area contributed by atoms with Crippen molar-refractivity contribution in [2.75, 3.05) is 20.3 Å². The highest BCUT2D eigenvalue weighted by Gasteiger charge is 2.32. The molecular weight excluding hydrogens is 424 g/mol. The van der Waals surface area contributed by atoms with Gasteiger partial charge in [-0.25, -0.2) is 9.79 Å². The average Bonchev–Trinajstić information content (AvgIpc) is 3.12. The summed E-state index contributed by atoms with van der Waals surface area (Å²) in [6.07, 6.45) is 4.78. The standard InChI is InChI=1S/C25H30N2O4S/c1-6-30-23(28)15-31-20-10-7-16(11-21(20)29-5)14-27-24-19(13-26)18-9-8-17(25(2,3)4)12-22(18)32-24/h7,10-11,14,17H,6,8-9,12,15H2,1-5H3/t17-/m1/s1. The molecule has 170 valence electrons. The highest BCUT2D eigenvalue weighted by atomic mass is 32.1. The number of ether oxygens (including phenoxy) is 3. The van der Waals surface area contributed by atoms with E-state index >= 15 is 0 Å². The molecule has 6 nitrogen and oxygen atoms in total. The van der Waals surface area contributed by atoms with Crippen LogP contribution in [-0.4, -0.2) is 32.5 Å². The molecule has 1 aromatic carbocycles. The van der Waals surface area contributed by atoms with Gasteiger partial charge in [0.15, 0.2) is 18.1 Å². The summed E-state index contributed by atoms with van der Waals surface area (Å²) in [6, 6.07) is 7.73. The van der Waals surface area contributed by atoms with E-state index in [2.05, 4.69) is 31.8 Å². The van der Waals surface area contributed by atoms with E-state index in [1.54, 1.807) is 43.7 Å². The van der Waals surface area contributed by atoms with Crippen LogP contribution in [0.25, 0.3) is 0 Å². The molecule has 3 rings (SSSR count). The van der Waals surface area contributed by atoms with Crippen LogP contribution in [0.5, 0.6) is 11.5 Å². The van der Waals surface area contributed by atoms with E-state index < -0.39 is 5.97 Å². The Hall–Kier alpha value is -2.85. The minimum absolute atomic E-state index is 0.181. The van der Waals surface area contributed by atoms with E-state index in [9.17, 15) is 10.1 Å². The smallest absolute Gasteiger partial charge is 0.344 e. The molecule has 0 N–H and O–H groups in total. The fraction of sp³-hybridized carbons (Fsp3) is 0.480. The van der Waals surface area contributed by atoms with Gasteiger partial charge in [0.2, 0.25) is 0 Å². The third-order valence-corrected chi connectivity index (χ3v) is 6.92. The van der Waals surface area contributed by atoms with Crippen LogP contribution in [0.1, 0.15) is 55.7 Å². The number of aliphatic imine (C=N–C) groups is 1. The quantitative estimate of drug-likeness (QED) is 0.409. The number of methoxy groups -OCH3 is 1. The molecule has 0 unspecified atom stereocenters. The number of carbonyl (C=O) groups is 1. The Morgan fingerprint density at radius 2 is 2.12 bits per heavy atom. The van der Waals surface area contributed by atoms with Gasteiger partial charge in [-0.3, -0.25) is 0 Å². The summed E-state index contributed by atoms with van der Waals surface area (Å²) < 4.78 is 15.8. The monoisotopic (exact) mass is 454 g/mol. The molecule has 1 aromatic heterocycles. The van der Waals surface area contributed by atoms with Crippen molar-refractivity contribution in [3.63, 3.8) is 0 Å². The Balaban J connectivity index is 1.79. The van der Waals surface area contributed by atoms with E-state index in [4.69, 9.17) is 14.2 Å². The third kappa shape index (κ3) is 5.49. The van der Waals surface area contributed by atoms with Crippen LogP contribution in [0.2, 0.25) is 0 Å². The Kier molecular flexibility index (Phi) is 7.57. The summed E-state index contributed by atoms with van der Waals surface area (Å²) in [7, 11) is 1.54. The second kappa shape index (κ2) is 10.2. The molecule has 1 aliphatic carbocycles. The van der Waals surface area contributed by atoms with Crippen molar-refractivity contribution < 1.29 is 19.0 Å². The summed E-state index contributed by atoms with van der Waals surface area (Å²) in [5.74, 6) is 1.13. The van der Waals surface area contributed by atoms with Crippen molar-refractivity contribution >= 4 is 28.5 Å². The number of rotatable bonds is 7. The summed E-state index contributed by atoms with van der Waals surface area (Å²) in [6.45, 7) is 8.73. The zero-order valence-corrected chi connectivity index (χ0v) is 20.2. The molecule has 0 fully saturated rings. The molecule has 0 bridgehead atoms. The van der Waals surface area contributed by atoms with Gasteiger partial charge in [0, 0.05) is 11.1 Å². The lowest BCUT2D eigenvalue weighted by molar-refractivity contribution is -0.145. The van der Waals surface area contributed by atoms with Gasteiger partial charge in [-0.05, 0) is 66.8 Å². The molecule has 32 heavy (non-hydrogen) atoms. The van der Waals surface area contributed by atoms with Crippen LogP contribution in [0.4, 0.5) is 5.00 Å². The lowest BCUT2D eigenvalue weighted by Gasteiger charge is -2.33. The largest absolute Gasteiger partial charge is 0.493 e. The molecule has 0 amide bonds. The molecule has 1 heterocycles. The van der Waals surface area contributed by atoms with E-state index in [1.807, 2.05) is 6.07 Å². The molecule has 0 saturated carbocycles. The first-order valence-corrected chi connectivity index (χ1v) is 11.6. The second-order valence-electron chi connectivity index (χ2n) is 8.86. The van der Waals surface area contributed by atoms with Crippen molar-refractivity contribution in [1.29, 1.82) is 5.26 Å². The van der Waals surface area contributed by atoms with Crippen LogP contribution in [0.15, 0.2) is 23.2 Å². The number of carbonyl (C=O) groups excluding carboxylic acids is 1. The lowest BCUT2D eigenvalue weighted by Crippen LogP contribution is -2.26. The Labute approximate surface area is 193 Å². The number of hydrogen-bond acceptors (Lipinski definition) is 7. The summed E-state index contributed by atoms with van der Waals surface area (Å²) in [5.41, 5.74) is 2.94. The van der Waals surface area contributed by atoms with Crippen LogP contribution >= 0.6 is 11.3 Å². The van der Waals surface area contributed by atoms with Crippen molar-refractivity contribution in [1.82, 2.24) is 0 Å². The zero-order chi connectivity index (χ0) is 23.3. The average molecular weight is 455 g/mol. The summed E-state index contributed by atoms with van der Waals surface area (Å²) in [4.78, 5) is 17.5. The molecule has 2 aromatic rings. The predicted molar refractivity (Wildman–Crippen MR) is 126 cm³/mol. The van der Waals surface area contributed by atoms with Crippen molar-refractivity contribution in [2.45, 2.75) is 47.0 Å². The first-order valence-electron chi connectivity index (χ1n) is 10.8. The zero-order valence-electron chi connectivity index (χ0n) is 19.4. The second-order valence-corrected chi connectivity index (χ2v) is 9.95. The van der Waals surface area contributed by atoms with Gasteiger partial charge in [-0.15, -0.1) is 11.3 Å². The fourth-order valence-electron chi connectivity index (χ4n) is 3.87. The van der Waals surface area contributed by atoms with Gasteiger partial charge < -0.3 is 14.2 Å². The molecular formula is C25H30N2O4S. The maximum Gasteiger partial charge on any atom is 0.344 e. The van der Waals surface area contributed by atoms with E-state index in [0.29, 0.717) is 29.6 Å². The van der Waals surface area contributed by atoms with Crippen LogP contribution in [0.3, 0.4) is 0 Å². The topological polar surface area (TPSA) is 80.9 Å². The van der Waals surface area contributed by atoms with E-state index in [-0.39, 0.29) is 12.0 Å². The number of hydrogen-bond donors (Lipinski definition) is 0. The van der Waals surface area contributed by atoms with Crippen LogP contribution in [0, 0.1) is 22.7 Å². The van der Waals surface area contributed by atoms with Gasteiger partial charge in [-0.1, -0.05) is 20.8 Å². The van der Waals surface area contributed by atoms with Crippen molar-refractivity contribution in [3.8, 4) is 17.6 Å². The number of thiophene rings is 1. The maximum absolute atomic E-state index is 11.5. The maximum atomic E-state index is 11.5. The van der Waals surface area contributed by atoms with Crippen LogP contribution in [-0.2, 0) is 22.4 Å². The molecule has 0 spiro atoms. The highest BCUT2D eigenvalue weighted by Crippen LogP contribution is 2.44. The van der Waals surface area contributed by atoms with Gasteiger partial charge in [0.05, 0.1) is 19.3 Å². The number of nitrogens with zero attached hydrogens (tertiary/aromatic N) is 2. The number of benzene rings is 1. The molecule has 0 saturated heterocycles. The van der Waals surface area contributed by atoms with Crippen LogP contribution < -0.4 is 9.47 Å². The Bertz CT molecular complexity index is 1040. The Morgan fingerprint density at radius 3 is 2.78 bits per heavy atom. The molecule has 7 heteroatoms. The molecule has 1 aliphatic rings. The number of fused-ring (bicyclic) bond motifs is 1. The van der Waals surface area contributed by atoms with Gasteiger partial charge in [-0.2, -0.15) is 5.26 Å². The van der Waals surface area contributed by atoms with Crippen molar-refractivity contribution in [3.05, 3.63) is 39.8 Å². The first kappa shape index (κ1) is 23.8. The third-order valence-electron chi connectivity index (χ3n) is 5.75. The SMILES string of the molecule is CCOC(=O)COc1ccc(C=Nc2sc3c(c2C#N)CC[C@@H](C(C)(C)C)C3)cc1OC. The van der Waals surface area contributed by atoms with Gasteiger partial charge in [0.1, 0.15) is 11.1 Å². The van der Waals surface area contributed by atoms with E-state index in [0.717, 1.165) is 29.8 Å². The summed E-state index contributed by atoms with van der Waals surface area (Å²) in [5, 5.41) is 10.5. The first-order chi connectivity index (χ1) is 15.3. The molecule has 0 radical (unpaired) electrons. The van der Waals surface area contributed by atoms with Gasteiger partial charge in [0.25, 0.3) is 0 Å². The number of nitriles is 1.